The van der Waals surface area contributed by atoms with Gasteiger partial charge in [-0.25, -0.2) is 0 Å². The Morgan fingerprint density at radius 1 is 1.08 bits per heavy atom. The zero-order chi connectivity index (χ0) is 17.9. The molecule has 1 aromatic rings. The fourth-order valence-electron chi connectivity index (χ4n) is 4.83. The van der Waals surface area contributed by atoms with Gasteiger partial charge in [-0.1, -0.05) is 43.2 Å². The molecule has 140 valence electrons. The third-order valence-electron chi connectivity index (χ3n) is 6.35. The molecule has 0 radical (unpaired) electrons. The minimum absolute atomic E-state index is 0.112. The zero-order valence-corrected chi connectivity index (χ0v) is 15.5. The number of nitrogens with one attached hydrogen (secondary N) is 1. The van der Waals surface area contributed by atoms with Gasteiger partial charge in [-0.2, -0.15) is 0 Å². The van der Waals surface area contributed by atoms with Gasteiger partial charge < -0.3 is 14.7 Å². The van der Waals surface area contributed by atoms with Crippen LogP contribution in [0.1, 0.15) is 37.7 Å². The fraction of sp³-hybridized carbons (Fsp3) is 0.619. The summed E-state index contributed by atoms with van der Waals surface area (Å²) in [6.45, 7) is 5.30. The van der Waals surface area contributed by atoms with E-state index in [4.69, 9.17) is 0 Å². The van der Waals surface area contributed by atoms with E-state index in [1.165, 1.54) is 23.3 Å². The van der Waals surface area contributed by atoms with E-state index >= 15 is 0 Å². The Hall–Kier alpha value is -1.88. The molecule has 1 saturated carbocycles. The topological polar surface area (TPSA) is 45.1 Å². The van der Waals surface area contributed by atoms with E-state index in [9.17, 15) is 9.59 Å². The number of rotatable bonds is 4. The van der Waals surface area contributed by atoms with E-state index in [-0.39, 0.29) is 17.7 Å². The molecule has 0 bridgehead atoms. The van der Waals surface area contributed by atoms with Crippen LogP contribution < -0.4 is 4.90 Å². The molecule has 2 saturated heterocycles. The molecular weight excluding hydrogens is 326 g/mol. The molecule has 4 rings (SSSR count). The summed E-state index contributed by atoms with van der Waals surface area (Å²) < 4.78 is 0. The SMILES string of the molecule is O=C([C@@H]1CC(=O)N(C2CCCC2)C1)N1CC[NH+](Cc2ccccc2)CC1. The molecule has 0 unspecified atom stereocenters. The van der Waals surface area contributed by atoms with Gasteiger partial charge in [-0.05, 0) is 12.8 Å². The number of carbonyl (C=O) groups excluding carboxylic acids is 2. The van der Waals surface area contributed by atoms with Crippen LogP contribution in [-0.4, -0.2) is 60.4 Å². The minimum Gasteiger partial charge on any atom is -0.339 e. The second kappa shape index (κ2) is 7.78. The van der Waals surface area contributed by atoms with Gasteiger partial charge in [0.2, 0.25) is 11.8 Å². The summed E-state index contributed by atoms with van der Waals surface area (Å²) >= 11 is 0. The molecule has 1 aromatic carbocycles. The second-order valence-electron chi connectivity index (χ2n) is 8.12. The third kappa shape index (κ3) is 3.78. The number of hydrogen-bond acceptors (Lipinski definition) is 2. The molecule has 1 atom stereocenters. The largest absolute Gasteiger partial charge is 0.339 e. The predicted octanol–water partition coefficient (Wildman–Crippen LogP) is 0.705. The molecule has 5 heteroatoms. The van der Waals surface area contributed by atoms with Crippen molar-refractivity contribution in [3.8, 4) is 0 Å². The molecular formula is C21H30N3O2+. The van der Waals surface area contributed by atoms with Crippen LogP contribution in [0.5, 0.6) is 0 Å². The lowest BCUT2D eigenvalue weighted by Gasteiger charge is -2.33. The van der Waals surface area contributed by atoms with Crippen molar-refractivity contribution in [3.63, 3.8) is 0 Å². The van der Waals surface area contributed by atoms with Crippen LogP contribution in [0, 0.1) is 5.92 Å². The maximum Gasteiger partial charge on any atom is 0.228 e. The Balaban J connectivity index is 1.28. The van der Waals surface area contributed by atoms with Crippen LogP contribution in [0.2, 0.25) is 0 Å². The Labute approximate surface area is 155 Å². The van der Waals surface area contributed by atoms with Crippen LogP contribution in [-0.2, 0) is 16.1 Å². The van der Waals surface area contributed by atoms with Crippen molar-refractivity contribution in [1.29, 1.82) is 0 Å². The van der Waals surface area contributed by atoms with Crippen LogP contribution in [0.15, 0.2) is 30.3 Å². The number of quaternary nitrogens is 1. The lowest BCUT2D eigenvalue weighted by molar-refractivity contribution is -0.917. The Kier molecular flexibility index (Phi) is 5.25. The van der Waals surface area contributed by atoms with Crippen molar-refractivity contribution in [2.75, 3.05) is 32.7 Å². The third-order valence-corrected chi connectivity index (χ3v) is 6.35. The molecule has 1 N–H and O–H groups in total. The normalized spacial score (nSPS) is 25.2. The molecule has 5 nitrogen and oxygen atoms in total. The maximum absolute atomic E-state index is 12.9. The van der Waals surface area contributed by atoms with Crippen molar-refractivity contribution in [1.82, 2.24) is 9.80 Å². The molecule has 2 amide bonds. The van der Waals surface area contributed by atoms with E-state index in [1.54, 1.807) is 0 Å². The van der Waals surface area contributed by atoms with E-state index in [2.05, 4.69) is 24.3 Å². The Morgan fingerprint density at radius 3 is 2.46 bits per heavy atom. The fourth-order valence-corrected chi connectivity index (χ4v) is 4.83. The summed E-state index contributed by atoms with van der Waals surface area (Å²) in [5, 5.41) is 0. The molecule has 2 aliphatic heterocycles. The number of amides is 2. The minimum atomic E-state index is -0.112. The Morgan fingerprint density at radius 2 is 1.77 bits per heavy atom. The number of carbonyl (C=O) groups is 2. The van der Waals surface area contributed by atoms with Crippen LogP contribution in [0.25, 0.3) is 0 Å². The molecule has 3 aliphatic rings. The zero-order valence-electron chi connectivity index (χ0n) is 15.5. The van der Waals surface area contributed by atoms with Crippen LogP contribution >= 0.6 is 0 Å². The number of hydrogen-bond donors (Lipinski definition) is 1. The molecule has 0 spiro atoms. The van der Waals surface area contributed by atoms with E-state index in [0.29, 0.717) is 19.0 Å². The van der Waals surface area contributed by atoms with Crippen molar-refractivity contribution >= 4 is 11.8 Å². The summed E-state index contributed by atoms with van der Waals surface area (Å²) in [5.74, 6) is 0.292. The average molecular weight is 356 g/mol. The van der Waals surface area contributed by atoms with Gasteiger partial charge in [0.15, 0.2) is 0 Å². The molecule has 26 heavy (non-hydrogen) atoms. The van der Waals surface area contributed by atoms with Gasteiger partial charge in [0.05, 0.1) is 32.1 Å². The number of piperazine rings is 1. The second-order valence-corrected chi connectivity index (χ2v) is 8.12. The van der Waals surface area contributed by atoms with Crippen molar-refractivity contribution in [3.05, 3.63) is 35.9 Å². The monoisotopic (exact) mass is 356 g/mol. The molecule has 3 fully saturated rings. The van der Waals surface area contributed by atoms with E-state index < -0.39 is 0 Å². The van der Waals surface area contributed by atoms with Gasteiger partial charge in [0.25, 0.3) is 0 Å². The highest BCUT2D eigenvalue weighted by Gasteiger charge is 2.40. The van der Waals surface area contributed by atoms with Gasteiger partial charge >= 0.3 is 0 Å². The highest BCUT2D eigenvalue weighted by Crippen LogP contribution is 2.30. The lowest BCUT2D eigenvalue weighted by Crippen LogP contribution is -3.13. The predicted molar refractivity (Wildman–Crippen MR) is 99.5 cm³/mol. The average Bonchev–Trinajstić information content (AvgIpc) is 3.32. The van der Waals surface area contributed by atoms with E-state index in [1.807, 2.05) is 15.9 Å². The lowest BCUT2D eigenvalue weighted by atomic mass is 10.1. The van der Waals surface area contributed by atoms with Gasteiger partial charge in [0, 0.05) is 24.6 Å². The summed E-state index contributed by atoms with van der Waals surface area (Å²) in [4.78, 5) is 30.8. The van der Waals surface area contributed by atoms with Crippen molar-refractivity contribution < 1.29 is 14.5 Å². The highest BCUT2D eigenvalue weighted by molar-refractivity contribution is 5.89. The van der Waals surface area contributed by atoms with Crippen molar-refractivity contribution in [2.24, 2.45) is 5.92 Å². The molecule has 1 aliphatic carbocycles. The first-order valence-corrected chi connectivity index (χ1v) is 10.2. The summed E-state index contributed by atoms with van der Waals surface area (Å²) in [6.07, 6.45) is 5.10. The first kappa shape index (κ1) is 17.5. The van der Waals surface area contributed by atoms with Crippen LogP contribution in [0.3, 0.4) is 0 Å². The number of benzene rings is 1. The number of likely N-dealkylation sites (tertiary alicyclic amines) is 1. The first-order chi connectivity index (χ1) is 12.7. The highest BCUT2D eigenvalue weighted by atomic mass is 16.2. The number of nitrogens with zero attached hydrogens (tertiary/aromatic N) is 2. The summed E-state index contributed by atoms with van der Waals surface area (Å²) in [5.41, 5.74) is 1.36. The summed E-state index contributed by atoms with van der Waals surface area (Å²) in [7, 11) is 0. The van der Waals surface area contributed by atoms with Crippen molar-refractivity contribution in [2.45, 2.75) is 44.7 Å². The maximum atomic E-state index is 12.9. The van der Waals surface area contributed by atoms with Gasteiger partial charge in [-0.15, -0.1) is 0 Å². The quantitative estimate of drug-likeness (QED) is 0.863. The standard InChI is InChI=1S/C21H29N3O2/c25-20-14-18(16-24(20)19-8-4-5-9-19)21(26)23-12-10-22(11-13-23)15-17-6-2-1-3-7-17/h1-3,6-7,18-19H,4-5,8-16H2/p+1/t18-/m1/s1. The van der Waals surface area contributed by atoms with E-state index in [0.717, 1.165) is 45.6 Å². The Bertz CT molecular complexity index is 634. The van der Waals surface area contributed by atoms with Gasteiger partial charge in [0.1, 0.15) is 6.54 Å². The van der Waals surface area contributed by atoms with Gasteiger partial charge in [-0.3, -0.25) is 9.59 Å². The van der Waals surface area contributed by atoms with Crippen LogP contribution in [0.4, 0.5) is 0 Å². The summed E-state index contributed by atoms with van der Waals surface area (Å²) in [6, 6.07) is 11.0. The smallest absolute Gasteiger partial charge is 0.228 e. The molecule has 2 heterocycles. The molecule has 0 aromatic heterocycles. The first-order valence-electron chi connectivity index (χ1n) is 10.2.